The van der Waals surface area contributed by atoms with Crippen molar-refractivity contribution in [3.05, 3.63) is 36.4 Å². The molecule has 0 spiro atoms. The van der Waals surface area contributed by atoms with Crippen LogP contribution in [0.5, 0.6) is 11.5 Å². The first kappa shape index (κ1) is 26.2. The van der Waals surface area contributed by atoms with Gasteiger partial charge in [-0.15, -0.1) is 11.8 Å². The second-order valence-electron chi connectivity index (χ2n) is 8.65. The number of benzene rings is 2. The van der Waals surface area contributed by atoms with Crippen LogP contribution in [0.15, 0.2) is 46.2 Å². The number of aliphatic carboxylic acids is 1. The van der Waals surface area contributed by atoms with Crippen LogP contribution in [0, 0.1) is 5.41 Å². The molecular formula is C25H33NO6S2. The number of nitrogens with zero attached hydrogens (tertiary/aromatic N) is 1. The molecule has 186 valence electrons. The molecular weight excluding hydrogens is 474 g/mol. The number of fused-ring (bicyclic) bond motifs is 1. The first-order valence-corrected chi connectivity index (χ1v) is 14.3. The van der Waals surface area contributed by atoms with Gasteiger partial charge in [0.2, 0.25) is 0 Å². The number of carbonyl (C=O) groups is 1. The van der Waals surface area contributed by atoms with Gasteiger partial charge in [-0.2, -0.15) is 0 Å². The van der Waals surface area contributed by atoms with Gasteiger partial charge < -0.3 is 19.5 Å². The maximum Gasteiger partial charge on any atom is 0.341 e. The number of rotatable bonds is 10. The van der Waals surface area contributed by atoms with Crippen molar-refractivity contribution in [1.29, 1.82) is 0 Å². The second-order valence-corrected chi connectivity index (χ2v) is 11.5. The fraction of sp³-hybridized carbons (Fsp3) is 0.480. The predicted octanol–water partition coefficient (Wildman–Crippen LogP) is 5.39. The van der Waals surface area contributed by atoms with Crippen molar-refractivity contribution in [3.63, 3.8) is 0 Å². The molecule has 0 aromatic heterocycles. The summed E-state index contributed by atoms with van der Waals surface area (Å²) in [6.45, 7) is 4.19. The smallest absolute Gasteiger partial charge is 0.341 e. The highest BCUT2D eigenvalue weighted by Crippen LogP contribution is 2.47. The second kappa shape index (κ2) is 10.9. The molecule has 1 aliphatic rings. The highest BCUT2D eigenvalue weighted by molar-refractivity contribution is 7.98. The molecule has 34 heavy (non-hydrogen) atoms. The van der Waals surface area contributed by atoms with Crippen LogP contribution in [0.1, 0.15) is 39.5 Å². The van der Waals surface area contributed by atoms with Crippen LogP contribution in [0.3, 0.4) is 0 Å². The van der Waals surface area contributed by atoms with Crippen molar-refractivity contribution in [2.24, 2.45) is 5.41 Å². The number of ether oxygens (including phenoxy) is 2. The Hall–Kier alpha value is -2.39. The van der Waals surface area contributed by atoms with E-state index in [0.717, 1.165) is 37.1 Å². The van der Waals surface area contributed by atoms with E-state index < -0.39 is 27.8 Å². The molecule has 0 saturated heterocycles. The van der Waals surface area contributed by atoms with Gasteiger partial charge in [0, 0.05) is 23.7 Å². The molecule has 1 aliphatic heterocycles. The highest BCUT2D eigenvalue weighted by atomic mass is 32.2. The fourth-order valence-corrected chi connectivity index (χ4v) is 7.16. The topological polar surface area (TPSA) is 93.1 Å². The van der Waals surface area contributed by atoms with Crippen molar-refractivity contribution in [3.8, 4) is 11.5 Å². The van der Waals surface area contributed by atoms with Crippen molar-refractivity contribution in [2.75, 3.05) is 37.2 Å². The van der Waals surface area contributed by atoms with Gasteiger partial charge in [0.15, 0.2) is 16.4 Å². The average molecular weight is 508 g/mol. The Kier molecular flexibility index (Phi) is 8.41. The van der Waals surface area contributed by atoms with E-state index in [0.29, 0.717) is 17.1 Å². The average Bonchev–Trinajstić information content (AvgIpc) is 2.93. The quantitative estimate of drug-likeness (QED) is 0.428. The van der Waals surface area contributed by atoms with E-state index in [-0.39, 0.29) is 16.4 Å². The minimum absolute atomic E-state index is 0.0349. The maximum absolute atomic E-state index is 13.8. The fourth-order valence-electron chi connectivity index (χ4n) is 4.44. The molecule has 0 fully saturated rings. The van der Waals surface area contributed by atoms with E-state index in [9.17, 15) is 13.2 Å². The molecule has 2 aromatic carbocycles. The third-order valence-corrected chi connectivity index (χ3v) is 9.16. The Bertz CT molecular complexity index is 1120. The van der Waals surface area contributed by atoms with Gasteiger partial charge in [-0.05, 0) is 49.4 Å². The number of carboxylic acid groups (broad SMARTS) is 1. The monoisotopic (exact) mass is 507 g/mol. The van der Waals surface area contributed by atoms with Crippen LogP contribution in [-0.4, -0.2) is 51.8 Å². The summed E-state index contributed by atoms with van der Waals surface area (Å²) < 4.78 is 38.3. The zero-order chi connectivity index (χ0) is 24.9. The van der Waals surface area contributed by atoms with E-state index >= 15 is 0 Å². The van der Waals surface area contributed by atoms with Gasteiger partial charge in [0.1, 0.15) is 11.5 Å². The lowest BCUT2D eigenvalue weighted by Crippen LogP contribution is -2.37. The lowest BCUT2D eigenvalue weighted by molar-refractivity contribution is -0.139. The molecule has 0 saturated carbocycles. The van der Waals surface area contributed by atoms with Gasteiger partial charge in [0.05, 0.1) is 28.3 Å². The summed E-state index contributed by atoms with van der Waals surface area (Å²) in [7, 11) is -2.06. The van der Waals surface area contributed by atoms with Crippen LogP contribution in [-0.2, 0) is 14.6 Å². The van der Waals surface area contributed by atoms with Gasteiger partial charge in [-0.1, -0.05) is 26.7 Å². The molecule has 7 nitrogen and oxygen atoms in total. The van der Waals surface area contributed by atoms with Crippen molar-refractivity contribution < 1.29 is 27.8 Å². The Morgan fingerprint density at radius 2 is 1.91 bits per heavy atom. The Labute approximate surface area is 206 Å². The van der Waals surface area contributed by atoms with Crippen LogP contribution >= 0.6 is 11.8 Å². The lowest BCUT2D eigenvalue weighted by atomic mass is 9.81. The van der Waals surface area contributed by atoms with Crippen molar-refractivity contribution in [1.82, 2.24) is 0 Å². The van der Waals surface area contributed by atoms with Gasteiger partial charge in [-0.25, -0.2) is 13.2 Å². The third kappa shape index (κ3) is 5.63. The molecule has 3 rings (SSSR count). The summed E-state index contributed by atoms with van der Waals surface area (Å²) in [6.07, 6.45) is 5.32. The molecule has 0 radical (unpaired) electrons. The number of methoxy groups -OCH3 is 1. The summed E-state index contributed by atoms with van der Waals surface area (Å²) in [5.41, 5.74) is 1.04. The highest BCUT2D eigenvalue weighted by Gasteiger charge is 2.42. The van der Waals surface area contributed by atoms with Gasteiger partial charge in [-0.3, -0.25) is 0 Å². The molecule has 1 atom stereocenters. The van der Waals surface area contributed by atoms with Gasteiger partial charge >= 0.3 is 5.97 Å². The first-order valence-electron chi connectivity index (χ1n) is 11.4. The maximum atomic E-state index is 13.8. The summed E-state index contributed by atoms with van der Waals surface area (Å²) in [5, 5.41) is 9.07. The first-order chi connectivity index (χ1) is 16.2. The number of anilines is 2. The van der Waals surface area contributed by atoms with E-state index in [2.05, 4.69) is 18.7 Å². The number of thioether (sulfide) groups is 1. The van der Waals surface area contributed by atoms with Crippen LogP contribution in [0.25, 0.3) is 0 Å². The Balaban J connectivity index is 2.24. The minimum Gasteiger partial charge on any atom is -0.497 e. The van der Waals surface area contributed by atoms with Crippen LogP contribution in [0.4, 0.5) is 11.4 Å². The summed E-state index contributed by atoms with van der Waals surface area (Å²) in [5.74, 6) is -0.0900. The van der Waals surface area contributed by atoms with Crippen LogP contribution in [0.2, 0.25) is 0 Å². The SMILES string of the molecule is CCCC[C@@]1(CC)CN(c2ccc(OC)cc2)c2cc(SC)c(OCC(=O)O)cc2S(=O)(=O)C1. The summed E-state index contributed by atoms with van der Waals surface area (Å²) >= 11 is 1.39. The van der Waals surface area contributed by atoms with Gasteiger partial charge in [0.25, 0.3) is 0 Å². The van der Waals surface area contributed by atoms with E-state index in [4.69, 9.17) is 14.6 Å². The zero-order valence-corrected chi connectivity index (χ0v) is 21.8. The van der Waals surface area contributed by atoms with E-state index in [1.165, 1.54) is 17.8 Å². The van der Waals surface area contributed by atoms with Crippen LogP contribution < -0.4 is 14.4 Å². The third-order valence-electron chi connectivity index (χ3n) is 6.41. The normalized spacial score (nSPS) is 19.2. The molecule has 1 heterocycles. The van der Waals surface area contributed by atoms with E-state index in [1.54, 1.807) is 7.11 Å². The molecule has 1 N–H and O–H groups in total. The largest absolute Gasteiger partial charge is 0.497 e. The molecule has 0 amide bonds. The van der Waals surface area contributed by atoms with E-state index in [1.807, 2.05) is 36.6 Å². The lowest BCUT2D eigenvalue weighted by Gasteiger charge is -2.36. The number of hydrogen-bond acceptors (Lipinski definition) is 7. The number of carboxylic acids is 1. The molecule has 0 unspecified atom stereocenters. The number of hydrogen-bond donors (Lipinski definition) is 1. The summed E-state index contributed by atoms with van der Waals surface area (Å²) in [4.78, 5) is 14.0. The standard InChI is InChI=1S/C25H33NO6S2/c1-5-7-12-25(6-2)16-26(18-8-10-19(31-3)11-9-18)20-13-22(33-4)21(32-15-24(27)28)14-23(20)34(29,30)17-25/h8-11,13-14H,5-7,12,15-17H2,1-4H3,(H,27,28)/t25-/m0/s1. The Morgan fingerprint density at radius 3 is 2.47 bits per heavy atom. The molecule has 0 bridgehead atoms. The summed E-state index contributed by atoms with van der Waals surface area (Å²) in [6, 6.07) is 10.9. The predicted molar refractivity (Wildman–Crippen MR) is 136 cm³/mol. The molecule has 0 aliphatic carbocycles. The zero-order valence-electron chi connectivity index (χ0n) is 20.2. The number of unbranched alkanes of at least 4 members (excludes halogenated alkanes) is 1. The molecule has 9 heteroatoms. The Morgan fingerprint density at radius 1 is 1.21 bits per heavy atom. The van der Waals surface area contributed by atoms with Crippen molar-refractivity contribution >= 4 is 38.9 Å². The van der Waals surface area contributed by atoms with Crippen molar-refractivity contribution in [2.45, 2.75) is 49.3 Å². The number of sulfone groups is 1. The molecule has 2 aromatic rings. The minimum atomic E-state index is -3.67.